The largest absolute Gasteiger partial charge is 0.419 e. The molecule has 0 spiro atoms. The molecule has 0 unspecified atom stereocenters. The molecule has 4 rings (SSSR count). The molecule has 2 N–H and O–H groups in total. The molecular formula is C28H26F3N5O. The number of carbonyl (C=O) groups is 1. The number of anilines is 3. The molecule has 0 saturated heterocycles. The Labute approximate surface area is 213 Å². The maximum atomic E-state index is 13.5. The summed E-state index contributed by atoms with van der Waals surface area (Å²) in [6.45, 7) is 2.68. The van der Waals surface area contributed by atoms with Gasteiger partial charge < -0.3 is 15.5 Å². The zero-order chi connectivity index (χ0) is 26.6. The second kappa shape index (κ2) is 10.8. The zero-order valence-corrected chi connectivity index (χ0v) is 20.6. The average molecular weight is 506 g/mol. The Morgan fingerprint density at radius 2 is 1.68 bits per heavy atom. The van der Waals surface area contributed by atoms with Gasteiger partial charge in [0.25, 0.3) is 5.91 Å². The fourth-order valence-corrected chi connectivity index (χ4v) is 3.76. The molecule has 0 bridgehead atoms. The Morgan fingerprint density at radius 3 is 2.32 bits per heavy atom. The van der Waals surface area contributed by atoms with Crippen LogP contribution in [0.1, 0.15) is 27.0 Å². The quantitative estimate of drug-likeness (QED) is 0.299. The van der Waals surface area contributed by atoms with Gasteiger partial charge in [-0.05, 0) is 62.5 Å². The second-order valence-corrected chi connectivity index (χ2v) is 8.86. The van der Waals surface area contributed by atoms with Gasteiger partial charge >= 0.3 is 6.18 Å². The Balaban J connectivity index is 1.51. The van der Waals surface area contributed by atoms with Crippen molar-refractivity contribution >= 4 is 23.2 Å². The minimum absolute atomic E-state index is 0.0115. The molecule has 0 aliphatic carbocycles. The van der Waals surface area contributed by atoms with Gasteiger partial charge in [-0.3, -0.25) is 4.79 Å². The fraction of sp³-hybridized carbons (Fsp3) is 0.179. The topological polar surface area (TPSA) is 70.2 Å². The second-order valence-electron chi connectivity index (χ2n) is 8.86. The number of nitrogens with one attached hydrogen (secondary N) is 2. The standard InChI is InChI=1S/C28H26F3N5O/c1-18-9-10-19(17-36(2)3)15-24(18)34-26(37)21-11-13-22(14-12-21)33-27-32-16-23(28(29,30)31)25(35-27)20-7-5-4-6-8-20/h4-16H,17H2,1-3H3,(H,34,37)(H,32,33,35). The van der Waals surface area contributed by atoms with Gasteiger partial charge in [-0.25, -0.2) is 9.97 Å². The summed E-state index contributed by atoms with van der Waals surface area (Å²) in [5.74, 6) is -0.258. The van der Waals surface area contributed by atoms with Crippen LogP contribution in [0.5, 0.6) is 0 Å². The monoisotopic (exact) mass is 505 g/mol. The van der Waals surface area contributed by atoms with Gasteiger partial charge in [0.15, 0.2) is 0 Å². The van der Waals surface area contributed by atoms with Gasteiger partial charge in [-0.15, -0.1) is 0 Å². The normalized spacial score (nSPS) is 11.4. The minimum Gasteiger partial charge on any atom is -0.324 e. The predicted octanol–water partition coefficient (Wildman–Crippen LogP) is 6.53. The lowest BCUT2D eigenvalue weighted by atomic mass is 10.1. The molecule has 1 heterocycles. The molecule has 1 amide bonds. The van der Waals surface area contributed by atoms with Crippen LogP contribution in [0.15, 0.2) is 79.0 Å². The highest BCUT2D eigenvalue weighted by Crippen LogP contribution is 2.36. The molecule has 0 atom stereocenters. The number of carbonyl (C=O) groups excluding carboxylic acids is 1. The van der Waals surface area contributed by atoms with Crippen LogP contribution in [0, 0.1) is 6.92 Å². The van der Waals surface area contributed by atoms with Crippen LogP contribution in [0.3, 0.4) is 0 Å². The van der Waals surface area contributed by atoms with E-state index in [9.17, 15) is 18.0 Å². The minimum atomic E-state index is -4.59. The number of hydrogen-bond acceptors (Lipinski definition) is 5. The van der Waals surface area contributed by atoms with Gasteiger partial charge in [0.2, 0.25) is 5.95 Å². The Morgan fingerprint density at radius 1 is 0.973 bits per heavy atom. The summed E-state index contributed by atoms with van der Waals surface area (Å²) in [6.07, 6.45) is -3.82. The number of halogens is 3. The summed E-state index contributed by atoms with van der Waals surface area (Å²) < 4.78 is 40.6. The van der Waals surface area contributed by atoms with Crippen molar-refractivity contribution in [3.05, 3.63) is 101 Å². The number of hydrogen-bond donors (Lipinski definition) is 2. The molecule has 1 aromatic heterocycles. The molecule has 9 heteroatoms. The van der Waals surface area contributed by atoms with Gasteiger partial charge in [-0.1, -0.05) is 42.5 Å². The van der Waals surface area contributed by atoms with Crippen LogP contribution < -0.4 is 10.6 Å². The number of alkyl halides is 3. The van der Waals surface area contributed by atoms with E-state index in [2.05, 4.69) is 20.6 Å². The van der Waals surface area contributed by atoms with Crippen molar-refractivity contribution in [3.8, 4) is 11.3 Å². The van der Waals surface area contributed by atoms with E-state index in [0.29, 0.717) is 16.8 Å². The number of aryl methyl sites for hydroxylation is 1. The van der Waals surface area contributed by atoms with Crippen molar-refractivity contribution < 1.29 is 18.0 Å². The third kappa shape index (κ3) is 6.50. The van der Waals surface area contributed by atoms with Crippen LogP contribution in [0.2, 0.25) is 0 Å². The molecule has 0 radical (unpaired) electrons. The summed E-state index contributed by atoms with van der Waals surface area (Å²) >= 11 is 0. The van der Waals surface area contributed by atoms with Crippen LogP contribution >= 0.6 is 0 Å². The molecule has 6 nitrogen and oxygen atoms in total. The van der Waals surface area contributed by atoms with Crippen LogP contribution in [-0.2, 0) is 12.7 Å². The number of rotatable bonds is 7. The van der Waals surface area contributed by atoms with E-state index in [1.165, 1.54) is 0 Å². The molecule has 0 aliphatic heterocycles. The molecule has 0 fully saturated rings. The van der Waals surface area contributed by atoms with E-state index < -0.39 is 11.7 Å². The van der Waals surface area contributed by atoms with E-state index >= 15 is 0 Å². The van der Waals surface area contributed by atoms with Crippen molar-refractivity contribution in [2.24, 2.45) is 0 Å². The molecule has 37 heavy (non-hydrogen) atoms. The number of nitrogens with zero attached hydrogens (tertiary/aromatic N) is 3. The van der Waals surface area contributed by atoms with E-state index in [-0.39, 0.29) is 17.5 Å². The summed E-state index contributed by atoms with van der Waals surface area (Å²) in [7, 11) is 3.96. The SMILES string of the molecule is Cc1ccc(CN(C)C)cc1NC(=O)c1ccc(Nc2ncc(C(F)(F)F)c(-c3ccccc3)n2)cc1. The van der Waals surface area contributed by atoms with Gasteiger partial charge in [-0.2, -0.15) is 13.2 Å². The van der Waals surface area contributed by atoms with Gasteiger partial charge in [0, 0.05) is 35.2 Å². The van der Waals surface area contributed by atoms with Crippen molar-refractivity contribution in [2.75, 3.05) is 24.7 Å². The smallest absolute Gasteiger partial charge is 0.324 e. The first-order valence-corrected chi connectivity index (χ1v) is 11.5. The first kappa shape index (κ1) is 25.8. The predicted molar refractivity (Wildman–Crippen MR) is 139 cm³/mol. The van der Waals surface area contributed by atoms with Gasteiger partial charge in [0.05, 0.1) is 5.69 Å². The van der Waals surface area contributed by atoms with Crippen molar-refractivity contribution in [3.63, 3.8) is 0 Å². The third-order valence-electron chi connectivity index (χ3n) is 5.59. The van der Waals surface area contributed by atoms with E-state index in [1.807, 2.05) is 44.1 Å². The van der Waals surface area contributed by atoms with Crippen molar-refractivity contribution in [1.82, 2.24) is 14.9 Å². The first-order valence-electron chi connectivity index (χ1n) is 11.5. The van der Waals surface area contributed by atoms with Crippen molar-refractivity contribution in [1.29, 1.82) is 0 Å². The summed E-state index contributed by atoms with van der Waals surface area (Å²) in [5.41, 5.74) is 2.92. The summed E-state index contributed by atoms with van der Waals surface area (Å²) in [6, 6.07) is 20.6. The Kier molecular flexibility index (Phi) is 7.54. The summed E-state index contributed by atoms with van der Waals surface area (Å²) in [5, 5.41) is 5.86. The first-order chi connectivity index (χ1) is 17.6. The van der Waals surface area contributed by atoms with Crippen molar-refractivity contribution in [2.45, 2.75) is 19.6 Å². The third-order valence-corrected chi connectivity index (χ3v) is 5.59. The van der Waals surface area contributed by atoms with E-state index in [1.54, 1.807) is 54.6 Å². The highest BCUT2D eigenvalue weighted by Gasteiger charge is 2.35. The lowest BCUT2D eigenvalue weighted by Crippen LogP contribution is -2.14. The highest BCUT2D eigenvalue weighted by molar-refractivity contribution is 6.04. The Hall–Kier alpha value is -4.24. The maximum Gasteiger partial charge on any atom is 0.419 e. The number of aromatic nitrogens is 2. The van der Waals surface area contributed by atoms with E-state index in [0.717, 1.165) is 29.6 Å². The zero-order valence-electron chi connectivity index (χ0n) is 20.6. The highest BCUT2D eigenvalue weighted by atomic mass is 19.4. The van der Waals surface area contributed by atoms with Crippen LogP contribution in [0.25, 0.3) is 11.3 Å². The summed E-state index contributed by atoms with van der Waals surface area (Å²) in [4.78, 5) is 22.9. The lowest BCUT2D eigenvalue weighted by molar-refractivity contribution is -0.137. The molecule has 0 aliphatic rings. The molecule has 0 saturated carbocycles. The Bertz CT molecular complexity index is 1390. The lowest BCUT2D eigenvalue weighted by Gasteiger charge is -2.14. The molecule has 4 aromatic rings. The number of amides is 1. The van der Waals surface area contributed by atoms with Crippen LogP contribution in [0.4, 0.5) is 30.5 Å². The number of benzene rings is 3. The maximum absolute atomic E-state index is 13.5. The molecule has 3 aromatic carbocycles. The van der Waals surface area contributed by atoms with E-state index in [4.69, 9.17) is 0 Å². The van der Waals surface area contributed by atoms with Crippen LogP contribution in [-0.4, -0.2) is 34.9 Å². The van der Waals surface area contributed by atoms with Gasteiger partial charge in [0.1, 0.15) is 5.56 Å². The molecular weight excluding hydrogens is 479 g/mol. The average Bonchev–Trinajstić information content (AvgIpc) is 2.86. The molecule has 190 valence electrons. The fourth-order valence-electron chi connectivity index (χ4n) is 3.76.